The van der Waals surface area contributed by atoms with Crippen LogP contribution in [0.5, 0.6) is 0 Å². The lowest BCUT2D eigenvalue weighted by atomic mass is 10.0. The minimum absolute atomic E-state index is 0.0825. The molecule has 0 saturated carbocycles. The summed E-state index contributed by atoms with van der Waals surface area (Å²) >= 11 is 0. The van der Waals surface area contributed by atoms with Crippen molar-refractivity contribution in [2.75, 3.05) is 0 Å². The molecule has 0 unspecified atom stereocenters. The average Bonchev–Trinajstić information content (AvgIpc) is 3.47. The Labute approximate surface area is 193 Å². The van der Waals surface area contributed by atoms with Gasteiger partial charge in [0.15, 0.2) is 5.82 Å². The Bertz CT molecular complexity index is 1270. The second-order valence-corrected chi connectivity index (χ2v) is 9.24. The van der Waals surface area contributed by atoms with E-state index in [1.54, 1.807) is 6.26 Å². The van der Waals surface area contributed by atoms with Crippen LogP contribution in [0.15, 0.2) is 51.9 Å². The SMILES string of the molecule is CC[C@@H](c1nnnn1C(C)(C)CC)N(Cc1ccco1)Cc1cc2ccc(C)cc2[nH]c1=O. The van der Waals surface area contributed by atoms with E-state index in [-0.39, 0.29) is 17.1 Å². The van der Waals surface area contributed by atoms with Crippen molar-refractivity contribution in [2.24, 2.45) is 0 Å². The highest BCUT2D eigenvalue weighted by Crippen LogP contribution is 2.30. The first kappa shape index (κ1) is 22.9. The third kappa shape index (κ3) is 4.75. The van der Waals surface area contributed by atoms with Crippen LogP contribution in [-0.4, -0.2) is 30.1 Å². The Morgan fingerprint density at radius 3 is 2.70 bits per heavy atom. The van der Waals surface area contributed by atoms with E-state index >= 15 is 0 Å². The largest absolute Gasteiger partial charge is 0.468 e. The van der Waals surface area contributed by atoms with Crippen molar-refractivity contribution in [3.63, 3.8) is 0 Å². The number of furan rings is 1. The van der Waals surface area contributed by atoms with Crippen LogP contribution in [-0.2, 0) is 18.6 Å². The minimum Gasteiger partial charge on any atom is -0.468 e. The standard InChI is InChI=1S/C25H32N6O2/c1-6-22(23-27-28-29-31(23)25(4,5)7-2)30(16-20-9-8-12-33-20)15-19-14-18-11-10-17(3)13-21(18)26-24(19)32/h8-14,22H,6-7,15-16H2,1-5H3,(H,26,32)/t22-/m0/s1. The summed E-state index contributed by atoms with van der Waals surface area (Å²) in [5.74, 6) is 1.62. The number of aromatic nitrogens is 5. The van der Waals surface area contributed by atoms with Crippen LogP contribution in [0.1, 0.15) is 69.3 Å². The van der Waals surface area contributed by atoms with Gasteiger partial charge in [-0.2, -0.15) is 0 Å². The first-order chi connectivity index (χ1) is 15.8. The molecule has 0 saturated heterocycles. The van der Waals surface area contributed by atoms with Crippen molar-refractivity contribution in [2.45, 2.75) is 72.1 Å². The molecule has 4 rings (SSSR count). The number of hydrogen-bond acceptors (Lipinski definition) is 6. The second-order valence-electron chi connectivity index (χ2n) is 9.24. The summed E-state index contributed by atoms with van der Waals surface area (Å²) in [6, 6.07) is 11.8. The third-order valence-electron chi connectivity index (χ3n) is 6.45. The normalized spacial score (nSPS) is 13.2. The van der Waals surface area contributed by atoms with Gasteiger partial charge in [0.05, 0.1) is 24.4 Å². The van der Waals surface area contributed by atoms with Gasteiger partial charge >= 0.3 is 0 Å². The lowest BCUT2D eigenvalue weighted by Gasteiger charge is -2.32. The molecule has 4 aromatic rings. The van der Waals surface area contributed by atoms with Gasteiger partial charge in [0.2, 0.25) is 0 Å². The van der Waals surface area contributed by atoms with Crippen LogP contribution in [0.3, 0.4) is 0 Å². The lowest BCUT2D eigenvalue weighted by Crippen LogP contribution is -2.36. The van der Waals surface area contributed by atoms with E-state index in [0.29, 0.717) is 18.7 Å². The summed E-state index contributed by atoms with van der Waals surface area (Å²) < 4.78 is 7.58. The smallest absolute Gasteiger partial charge is 0.252 e. The molecule has 0 aliphatic carbocycles. The fraction of sp³-hybridized carbons (Fsp3) is 0.440. The summed E-state index contributed by atoms with van der Waals surface area (Å²) in [4.78, 5) is 18.3. The maximum atomic E-state index is 13.0. The topological polar surface area (TPSA) is 92.8 Å². The zero-order valence-electron chi connectivity index (χ0n) is 20.0. The molecule has 3 aromatic heterocycles. The molecule has 0 aliphatic rings. The summed E-state index contributed by atoms with van der Waals surface area (Å²) in [5.41, 5.74) is 2.36. The predicted octanol–water partition coefficient (Wildman–Crippen LogP) is 4.71. The van der Waals surface area contributed by atoms with E-state index in [0.717, 1.165) is 40.9 Å². The molecule has 1 N–H and O–H groups in total. The highest BCUT2D eigenvalue weighted by atomic mass is 16.3. The number of nitrogens with one attached hydrogen (secondary N) is 1. The molecule has 0 bridgehead atoms. The molecule has 0 spiro atoms. The number of H-pyrrole nitrogens is 1. The molecule has 8 nitrogen and oxygen atoms in total. The predicted molar refractivity (Wildman–Crippen MR) is 128 cm³/mol. The monoisotopic (exact) mass is 448 g/mol. The quantitative estimate of drug-likeness (QED) is 0.398. The van der Waals surface area contributed by atoms with Crippen molar-refractivity contribution in [1.29, 1.82) is 0 Å². The Morgan fingerprint density at radius 1 is 1.18 bits per heavy atom. The van der Waals surface area contributed by atoms with Gasteiger partial charge in [-0.15, -0.1) is 5.10 Å². The Morgan fingerprint density at radius 2 is 2.00 bits per heavy atom. The minimum atomic E-state index is -0.221. The number of pyridine rings is 1. The maximum Gasteiger partial charge on any atom is 0.252 e. The number of aromatic amines is 1. The number of benzene rings is 1. The first-order valence-corrected chi connectivity index (χ1v) is 11.5. The molecule has 0 radical (unpaired) electrons. The molecular weight excluding hydrogens is 416 g/mol. The van der Waals surface area contributed by atoms with Gasteiger partial charge in [-0.25, -0.2) is 4.68 Å². The highest BCUT2D eigenvalue weighted by Gasteiger charge is 2.31. The molecular formula is C25H32N6O2. The van der Waals surface area contributed by atoms with Crippen LogP contribution in [0.4, 0.5) is 0 Å². The molecule has 0 fully saturated rings. The van der Waals surface area contributed by atoms with E-state index in [1.807, 2.05) is 41.9 Å². The summed E-state index contributed by atoms with van der Waals surface area (Å²) in [7, 11) is 0. The van der Waals surface area contributed by atoms with Crippen molar-refractivity contribution in [3.8, 4) is 0 Å². The number of nitrogens with zero attached hydrogens (tertiary/aromatic N) is 5. The summed E-state index contributed by atoms with van der Waals surface area (Å²) in [5, 5.41) is 13.8. The molecule has 33 heavy (non-hydrogen) atoms. The Balaban J connectivity index is 1.75. The number of fused-ring (bicyclic) bond motifs is 1. The van der Waals surface area contributed by atoms with Gasteiger partial charge in [0.25, 0.3) is 5.56 Å². The summed E-state index contributed by atoms with van der Waals surface area (Å²) in [6.45, 7) is 11.5. The fourth-order valence-corrected chi connectivity index (χ4v) is 4.16. The van der Waals surface area contributed by atoms with E-state index in [4.69, 9.17) is 4.42 Å². The van der Waals surface area contributed by atoms with Crippen LogP contribution in [0.25, 0.3) is 10.9 Å². The van der Waals surface area contributed by atoms with Gasteiger partial charge in [0, 0.05) is 17.6 Å². The number of aryl methyl sites for hydroxylation is 1. The Kier molecular flexibility index (Phi) is 6.47. The molecule has 174 valence electrons. The molecule has 1 aromatic carbocycles. The van der Waals surface area contributed by atoms with E-state index < -0.39 is 0 Å². The van der Waals surface area contributed by atoms with Crippen molar-refractivity contribution >= 4 is 10.9 Å². The highest BCUT2D eigenvalue weighted by molar-refractivity contribution is 5.79. The van der Waals surface area contributed by atoms with Gasteiger partial charge in [-0.05, 0) is 79.3 Å². The molecule has 0 amide bonds. The zero-order valence-corrected chi connectivity index (χ0v) is 20.0. The van der Waals surface area contributed by atoms with Gasteiger partial charge < -0.3 is 9.40 Å². The average molecular weight is 449 g/mol. The van der Waals surface area contributed by atoms with Crippen LogP contribution in [0.2, 0.25) is 0 Å². The van der Waals surface area contributed by atoms with Gasteiger partial charge in [0.1, 0.15) is 5.76 Å². The molecule has 1 atom stereocenters. The lowest BCUT2D eigenvalue weighted by molar-refractivity contribution is 0.140. The van der Waals surface area contributed by atoms with Crippen molar-refractivity contribution in [3.05, 3.63) is 75.7 Å². The van der Waals surface area contributed by atoms with E-state index in [9.17, 15) is 4.79 Å². The van der Waals surface area contributed by atoms with Crippen molar-refractivity contribution < 1.29 is 4.42 Å². The first-order valence-electron chi connectivity index (χ1n) is 11.5. The maximum absolute atomic E-state index is 13.0. The van der Waals surface area contributed by atoms with E-state index in [1.165, 1.54) is 0 Å². The molecule has 8 heteroatoms. The third-order valence-corrected chi connectivity index (χ3v) is 6.45. The van der Waals surface area contributed by atoms with Crippen LogP contribution in [0, 0.1) is 6.92 Å². The molecule has 0 aliphatic heterocycles. The van der Waals surface area contributed by atoms with Crippen LogP contribution < -0.4 is 5.56 Å². The summed E-state index contributed by atoms with van der Waals surface area (Å²) in [6.07, 6.45) is 3.35. The number of tetrazole rings is 1. The number of hydrogen-bond donors (Lipinski definition) is 1. The number of rotatable bonds is 9. The second kappa shape index (κ2) is 9.31. The van der Waals surface area contributed by atoms with Gasteiger partial charge in [-0.1, -0.05) is 26.0 Å². The van der Waals surface area contributed by atoms with Gasteiger partial charge in [-0.3, -0.25) is 9.69 Å². The molecule has 3 heterocycles. The fourth-order valence-electron chi connectivity index (χ4n) is 4.16. The van der Waals surface area contributed by atoms with Crippen molar-refractivity contribution in [1.82, 2.24) is 30.1 Å². The zero-order chi connectivity index (χ0) is 23.6. The Hall–Kier alpha value is -3.26. The van der Waals surface area contributed by atoms with E-state index in [2.05, 4.69) is 59.2 Å². The van der Waals surface area contributed by atoms with Crippen LogP contribution >= 0.6 is 0 Å².